The van der Waals surface area contributed by atoms with E-state index in [0.717, 1.165) is 0 Å². The van der Waals surface area contributed by atoms with Crippen LogP contribution in [0.15, 0.2) is 24.3 Å². The molecule has 3 heteroatoms. The van der Waals surface area contributed by atoms with Crippen molar-refractivity contribution in [3.05, 3.63) is 57.6 Å². The first-order valence-electron chi connectivity index (χ1n) is 11.8. The van der Waals surface area contributed by atoms with Crippen molar-refractivity contribution in [2.24, 2.45) is 0 Å². The van der Waals surface area contributed by atoms with E-state index in [0.29, 0.717) is 3.63 Å². The zero-order chi connectivity index (χ0) is 21.9. The molecule has 0 fully saturated rings. The predicted molar refractivity (Wildman–Crippen MR) is 139 cm³/mol. The normalized spacial score (nSPS) is 23.0. The first-order valence-corrected chi connectivity index (χ1v) is 13.3. The van der Waals surface area contributed by atoms with E-state index in [2.05, 4.69) is 79.7 Å². The van der Waals surface area contributed by atoms with E-state index in [-0.39, 0.29) is 46.5 Å². The Labute approximate surface area is 223 Å². The van der Waals surface area contributed by atoms with E-state index in [1.54, 1.807) is 69.2 Å². The van der Waals surface area contributed by atoms with E-state index in [9.17, 15) is 0 Å². The monoisotopic (exact) mass is 547 g/mol. The SMILES string of the molecule is CC1(C)CCC(C)(C)c2cc3c(cc21)-c1cc2c(cc1[CH]3[Zr])C(C)(C)CCC2(C)C.Cl.Cl. The zero-order valence-corrected chi connectivity index (χ0v) is 25.1. The number of halogens is 2. The first-order chi connectivity index (χ1) is 13.7. The summed E-state index contributed by atoms with van der Waals surface area (Å²) in [5.74, 6) is 0. The van der Waals surface area contributed by atoms with Gasteiger partial charge < -0.3 is 0 Å². The van der Waals surface area contributed by atoms with Crippen molar-refractivity contribution in [1.29, 1.82) is 0 Å². The van der Waals surface area contributed by atoms with E-state index < -0.39 is 0 Å². The van der Waals surface area contributed by atoms with Crippen LogP contribution in [0.5, 0.6) is 0 Å². The second-order valence-electron chi connectivity index (χ2n) is 12.9. The fraction of sp³-hybridized carbons (Fsp3) is 0.586. The number of fused-ring (bicyclic) bond motifs is 5. The average Bonchev–Trinajstić information content (AvgIpc) is 2.93. The molecule has 3 aliphatic carbocycles. The van der Waals surface area contributed by atoms with Crippen molar-refractivity contribution in [1.82, 2.24) is 0 Å². The topological polar surface area (TPSA) is 0 Å². The molecule has 0 unspecified atom stereocenters. The van der Waals surface area contributed by atoms with Crippen molar-refractivity contribution in [3.8, 4) is 11.1 Å². The minimum atomic E-state index is 0. The Hall–Kier alpha value is -0.0969. The quantitative estimate of drug-likeness (QED) is 0.308. The molecule has 0 atom stereocenters. The summed E-state index contributed by atoms with van der Waals surface area (Å²) in [6, 6.07) is 10.5. The minimum absolute atomic E-state index is 0. The van der Waals surface area contributed by atoms with Gasteiger partial charge in [-0.15, -0.1) is 24.8 Å². The molecule has 0 radical (unpaired) electrons. The van der Waals surface area contributed by atoms with Gasteiger partial charge in [0.15, 0.2) is 0 Å². The van der Waals surface area contributed by atoms with Crippen molar-refractivity contribution >= 4 is 24.8 Å². The summed E-state index contributed by atoms with van der Waals surface area (Å²) in [7, 11) is 0. The van der Waals surface area contributed by atoms with Crippen LogP contribution in [-0.2, 0) is 46.4 Å². The van der Waals surface area contributed by atoms with Crippen LogP contribution in [0.4, 0.5) is 0 Å². The van der Waals surface area contributed by atoms with Crippen LogP contribution in [0.1, 0.15) is 118 Å². The molecule has 0 spiro atoms. The Bertz CT molecular complexity index is 990. The van der Waals surface area contributed by atoms with Crippen molar-refractivity contribution in [2.75, 3.05) is 0 Å². The van der Waals surface area contributed by atoms with Crippen LogP contribution in [0.3, 0.4) is 0 Å². The Morgan fingerprint density at radius 3 is 1.06 bits per heavy atom. The van der Waals surface area contributed by atoms with Gasteiger partial charge in [-0.3, -0.25) is 0 Å². The molecule has 0 heterocycles. The molecular formula is C29H39Cl2Zr. The van der Waals surface area contributed by atoms with Gasteiger partial charge in [0, 0.05) is 0 Å². The second-order valence-corrected chi connectivity index (χ2v) is 14.4. The van der Waals surface area contributed by atoms with E-state index in [4.69, 9.17) is 0 Å². The molecule has 5 rings (SSSR count). The fourth-order valence-electron chi connectivity index (χ4n) is 6.37. The maximum atomic E-state index is 2.63. The maximum Gasteiger partial charge on any atom is -0.147 e. The molecule has 173 valence electrons. The molecule has 0 N–H and O–H groups in total. The summed E-state index contributed by atoms with van der Waals surface area (Å²) in [4.78, 5) is 0. The van der Waals surface area contributed by atoms with Gasteiger partial charge in [-0.2, -0.15) is 0 Å². The Morgan fingerprint density at radius 2 is 0.781 bits per heavy atom. The third-order valence-corrected chi connectivity index (χ3v) is 10.5. The van der Waals surface area contributed by atoms with Crippen LogP contribution in [0.25, 0.3) is 11.1 Å². The first kappa shape index (κ1) is 26.5. The van der Waals surface area contributed by atoms with Gasteiger partial charge in [-0.05, 0) is 0 Å². The summed E-state index contributed by atoms with van der Waals surface area (Å²) in [6.07, 6.45) is 5.14. The van der Waals surface area contributed by atoms with Gasteiger partial charge in [0.05, 0.1) is 0 Å². The molecule has 2 aromatic carbocycles. The molecule has 3 aliphatic rings. The van der Waals surface area contributed by atoms with Crippen LogP contribution in [0.2, 0.25) is 0 Å². The van der Waals surface area contributed by atoms with Gasteiger partial charge in [0.25, 0.3) is 0 Å². The number of hydrogen-bond acceptors (Lipinski definition) is 0. The van der Waals surface area contributed by atoms with Gasteiger partial charge in [0.1, 0.15) is 0 Å². The molecule has 0 saturated heterocycles. The summed E-state index contributed by atoms with van der Waals surface area (Å²) >= 11 is 1.63. The zero-order valence-electron chi connectivity index (χ0n) is 21.0. The van der Waals surface area contributed by atoms with Gasteiger partial charge in [-0.1, -0.05) is 0 Å². The number of benzene rings is 2. The van der Waals surface area contributed by atoms with Crippen LogP contribution in [-0.4, -0.2) is 0 Å². The summed E-state index contributed by atoms with van der Waals surface area (Å²) in [5, 5.41) is 0. The van der Waals surface area contributed by atoms with E-state index >= 15 is 0 Å². The largest absolute Gasteiger partial charge is 0.147 e. The molecule has 0 amide bonds. The fourth-order valence-corrected chi connectivity index (χ4v) is 7.55. The molecule has 32 heavy (non-hydrogen) atoms. The maximum absolute atomic E-state index is 2.63. The molecule has 0 saturated carbocycles. The standard InChI is InChI=1S/C29H37.2ClH.Zr/c1-26(2)9-11-28(5,6)24-16-20-18(14-22(24)26)13-19-15-23-25(17-21(19)20)29(7,8)12-10-27(23,3)4;;;/h13-17H,9-12H2,1-8H3;2*1H;. The third-order valence-electron chi connectivity index (χ3n) is 8.96. The van der Waals surface area contributed by atoms with Crippen LogP contribution in [0, 0.1) is 0 Å². The molecule has 0 bridgehead atoms. The number of hydrogen-bond donors (Lipinski definition) is 0. The number of rotatable bonds is 0. The summed E-state index contributed by atoms with van der Waals surface area (Å²) in [5.41, 5.74) is 13.8. The van der Waals surface area contributed by atoms with Crippen LogP contribution < -0.4 is 0 Å². The van der Waals surface area contributed by atoms with Gasteiger partial charge in [-0.25, -0.2) is 0 Å². The average molecular weight is 550 g/mol. The van der Waals surface area contributed by atoms with Crippen molar-refractivity contribution in [2.45, 2.75) is 106 Å². The van der Waals surface area contributed by atoms with Gasteiger partial charge >= 0.3 is 200 Å². The van der Waals surface area contributed by atoms with Crippen LogP contribution >= 0.6 is 24.8 Å². The molecule has 2 aromatic rings. The summed E-state index contributed by atoms with van der Waals surface area (Å²) in [6.45, 7) is 19.6. The van der Waals surface area contributed by atoms with E-state index in [1.807, 2.05) is 0 Å². The van der Waals surface area contributed by atoms with E-state index in [1.165, 1.54) is 25.7 Å². The predicted octanol–water partition coefficient (Wildman–Crippen LogP) is 8.84. The Morgan fingerprint density at radius 1 is 0.531 bits per heavy atom. The third kappa shape index (κ3) is 3.72. The molecule has 0 aliphatic heterocycles. The van der Waals surface area contributed by atoms with Crippen molar-refractivity contribution < 1.29 is 24.7 Å². The summed E-state index contributed by atoms with van der Waals surface area (Å²) < 4.78 is 0.583. The Balaban J connectivity index is 0.00000144. The van der Waals surface area contributed by atoms with Crippen molar-refractivity contribution in [3.63, 3.8) is 0 Å². The Kier molecular flexibility index (Phi) is 6.60. The molecule has 0 aromatic heterocycles. The molecular weight excluding hydrogens is 510 g/mol. The minimum Gasteiger partial charge on any atom is -0.147 e. The second kappa shape index (κ2) is 7.96. The van der Waals surface area contributed by atoms with Gasteiger partial charge in [0.2, 0.25) is 0 Å². The molecule has 0 nitrogen and oxygen atoms in total. The smallest absolute Gasteiger partial charge is 0.147 e.